The third kappa shape index (κ3) is 2.50. The molecule has 0 amide bonds. The van der Waals surface area contributed by atoms with Crippen molar-refractivity contribution < 1.29 is 4.42 Å². The Labute approximate surface area is 102 Å². The van der Waals surface area contributed by atoms with Crippen LogP contribution in [0.4, 0.5) is 0 Å². The number of hydrogen-bond acceptors (Lipinski definition) is 3. The highest BCUT2D eigenvalue weighted by Gasteiger charge is 2.18. The maximum atomic E-state index is 5.86. The van der Waals surface area contributed by atoms with Crippen LogP contribution in [0, 0.1) is 12.8 Å². The van der Waals surface area contributed by atoms with Crippen molar-refractivity contribution in [2.24, 2.45) is 11.7 Å². The molecular formula is C14H20N2O. The molecule has 0 saturated heterocycles. The van der Waals surface area contributed by atoms with E-state index >= 15 is 0 Å². The molecule has 1 aromatic heterocycles. The van der Waals surface area contributed by atoms with Gasteiger partial charge in [-0.25, -0.2) is 4.98 Å². The van der Waals surface area contributed by atoms with Crippen molar-refractivity contribution in [3.63, 3.8) is 0 Å². The first-order valence-electron chi connectivity index (χ1n) is 6.18. The summed E-state index contributed by atoms with van der Waals surface area (Å²) in [5.41, 5.74) is 8.77. The Balaban J connectivity index is 2.37. The van der Waals surface area contributed by atoms with Crippen LogP contribution in [0.3, 0.4) is 0 Å². The van der Waals surface area contributed by atoms with Crippen molar-refractivity contribution in [3.05, 3.63) is 29.7 Å². The van der Waals surface area contributed by atoms with E-state index in [1.165, 1.54) is 0 Å². The quantitative estimate of drug-likeness (QED) is 0.880. The van der Waals surface area contributed by atoms with Crippen LogP contribution in [0.2, 0.25) is 0 Å². The van der Waals surface area contributed by atoms with E-state index in [0.717, 1.165) is 29.0 Å². The van der Waals surface area contributed by atoms with Crippen molar-refractivity contribution in [1.29, 1.82) is 0 Å². The van der Waals surface area contributed by atoms with Crippen LogP contribution in [-0.2, 0) is 0 Å². The van der Waals surface area contributed by atoms with E-state index in [4.69, 9.17) is 10.2 Å². The Morgan fingerprint density at radius 3 is 2.71 bits per heavy atom. The Morgan fingerprint density at radius 1 is 1.35 bits per heavy atom. The SMILES string of the molecule is Cc1cccc2nc(C(CN)CC(C)C)oc12. The van der Waals surface area contributed by atoms with Gasteiger partial charge in [0.05, 0.1) is 0 Å². The molecule has 0 spiro atoms. The van der Waals surface area contributed by atoms with Gasteiger partial charge < -0.3 is 10.2 Å². The second-order valence-corrected chi connectivity index (χ2v) is 5.04. The predicted octanol–water partition coefficient (Wildman–Crippen LogP) is 3.22. The minimum absolute atomic E-state index is 0.224. The van der Waals surface area contributed by atoms with E-state index in [1.54, 1.807) is 0 Å². The fourth-order valence-corrected chi connectivity index (χ4v) is 2.15. The molecule has 1 unspecified atom stereocenters. The first-order valence-corrected chi connectivity index (χ1v) is 6.18. The lowest BCUT2D eigenvalue weighted by Crippen LogP contribution is -2.14. The Morgan fingerprint density at radius 2 is 2.12 bits per heavy atom. The molecule has 1 atom stereocenters. The molecule has 3 heteroatoms. The highest BCUT2D eigenvalue weighted by atomic mass is 16.3. The third-order valence-electron chi connectivity index (χ3n) is 3.02. The van der Waals surface area contributed by atoms with Crippen LogP contribution in [0.1, 0.15) is 37.6 Å². The van der Waals surface area contributed by atoms with Gasteiger partial charge in [-0.05, 0) is 30.9 Å². The standard InChI is InChI=1S/C14H20N2O/c1-9(2)7-11(8-15)14-16-12-6-4-5-10(3)13(12)17-14/h4-6,9,11H,7-8,15H2,1-3H3. The average Bonchev–Trinajstić information content (AvgIpc) is 2.70. The third-order valence-corrected chi connectivity index (χ3v) is 3.02. The van der Waals surface area contributed by atoms with Crippen molar-refractivity contribution in [3.8, 4) is 0 Å². The molecule has 1 heterocycles. The van der Waals surface area contributed by atoms with Gasteiger partial charge in [-0.2, -0.15) is 0 Å². The highest BCUT2D eigenvalue weighted by Crippen LogP contribution is 2.27. The second kappa shape index (κ2) is 4.88. The minimum atomic E-state index is 0.224. The van der Waals surface area contributed by atoms with Gasteiger partial charge in [-0.3, -0.25) is 0 Å². The first kappa shape index (κ1) is 12.1. The van der Waals surface area contributed by atoms with Crippen molar-refractivity contribution >= 4 is 11.1 Å². The van der Waals surface area contributed by atoms with E-state index in [2.05, 4.69) is 18.8 Å². The number of oxazole rings is 1. The maximum absolute atomic E-state index is 5.86. The fourth-order valence-electron chi connectivity index (χ4n) is 2.15. The molecule has 2 rings (SSSR count). The zero-order chi connectivity index (χ0) is 12.4. The van der Waals surface area contributed by atoms with Crippen LogP contribution in [-0.4, -0.2) is 11.5 Å². The number of fused-ring (bicyclic) bond motifs is 1. The molecule has 1 aromatic carbocycles. The summed E-state index contributed by atoms with van der Waals surface area (Å²) in [6, 6.07) is 6.03. The molecule has 0 aliphatic heterocycles. The molecule has 0 fully saturated rings. The van der Waals surface area contributed by atoms with E-state index < -0.39 is 0 Å². The van der Waals surface area contributed by atoms with Crippen LogP contribution in [0.15, 0.2) is 22.6 Å². The highest BCUT2D eigenvalue weighted by molar-refractivity contribution is 5.76. The molecule has 0 aliphatic carbocycles. The van der Waals surface area contributed by atoms with Gasteiger partial charge in [0.2, 0.25) is 0 Å². The van der Waals surface area contributed by atoms with Gasteiger partial charge in [0, 0.05) is 12.5 Å². The topological polar surface area (TPSA) is 52.0 Å². The van der Waals surface area contributed by atoms with Crippen LogP contribution >= 0.6 is 0 Å². The normalized spacial score (nSPS) is 13.5. The van der Waals surface area contributed by atoms with E-state index in [0.29, 0.717) is 12.5 Å². The zero-order valence-corrected chi connectivity index (χ0v) is 10.7. The van der Waals surface area contributed by atoms with Gasteiger partial charge in [0.15, 0.2) is 11.5 Å². The summed E-state index contributed by atoms with van der Waals surface area (Å²) in [5, 5.41) is 0. The molecule has 17 heavy (non-hydrogen) atoms. The molecule has 0 radical (unpaired) electrons. The Hall–Kier alpha value is -1.35. The van der Waals surface area contributed by atoms with Gasteiger partial charge in [-0.15, -0.1) is 0 Å². The van der Waals surface area contributed by atoms with Crippen molar-refractivity contribution in [2.45, 2.75) is 33.1 Å². The summed E-state index contributed by atoms with van der Waals surface area (Å²) in [4.78, 5) is 4.55. The summed E-state index contributed by atoms with van der Waals surface area (Å²) in [7, 11) is 0. The van der Waals surface area contributed by atoms with Crippen molar-refractivity contribution in [1.82, 2.24) is 4.98 Å². The first-order chi connectivity index (χ1) is 8.11. The van der Waals surface area contributed by atoms with E-state index in [-0.39, 0.29) is 5.92 Å². The number of aromatic nitrogens is 1. The molecule has 92 valence electrons. The van der Waals surface area contributed by atoms with Crippen molar-refractivity contribution in [2.75, 3.05) is 6.54 Å². The molecule has 0 aliphatic rings. The monoisotopic (exact) mass is 232 g/mol. The van der Waals surface area contributed by atoms with E-state index in [9.17, 15) is 0 Å². The lowest BCUT2D eigenvalue weighted by molar-refractivity contribution is 0.414. The van der Waals surface area contributed by atoms with Gasteiger partial charge >= 0.3 is 0 Å². The van der Waals surface area contributed by atoms with Gasteiger partial charge in [-0.1, -0.05) is 26.0 Å². The molecule has 2 N–H and O–H groups in total. The lowest BCUT2D eigenvalue weighted by Gasteiger charge is -2.12. The molecule has 0 bridgehead atoms. The summed E-state index contributed by atoms with van der Waals surface area (Å²) >= 11 is 0. The Bertz CT molecular complexity index is 502. The number of nitrogens with two attached hydrogens (primary N) is 1. The zero-order valence-electron chi connectivity index (χ0n) is 10.7. The van der Waals surface area contributed by atoms with Crippen LogP contribution in [0.5, 0.6) is 0 Å². The number of benzene rings is 1. The number of aryl methyl sites for hydroxylation is 1. The van der Waals surface area contributed by atoms with Crippen LogP contribution in [0.25, 0.3) is 11.1 Å². The number of nitrogens with zero attached hydrogens (tertiary/aromatic N) is 1. The summed E-state index contributed by atoms with van der Waals surface area (Å²) in [6.45, 7) is 7.01. The molecule has 0 saturated carbocycles. The smallest absolute Gasteiger partial charge is 0.199 e. The second-order valence-electron chi connectivity index (χ2n) is 5.04. The Kier molecular flexibility index (Phi) is 3.48. The fraction of sp³-hybridized carbons (Fsp3) is 0.500. The maximum Gasteiger partial charge on any atom is 0.199 e. The van der Waals surface area contributed by atoms with E-state index in [1.807, 2.05) is 25.1 Å². The predicted molar refractivity (Wildman–Crippen MR) is 70.0 cm³/mol. The van der Waals surface area contributed by atoms with Gasteiger partial charge in [0.1, 0.15) is 5.52 Å². The lowest BCUT2D eigenvalue weighted by atomic mass is 9.97. The summed E-state index contributed by atoms with van der Waals surface area (Å²) < 4.78 is 5.86. The number of rotatable bonds is 4. The number of para-hydroxylation sites is 1. The van der Waals surface area contributed by atoms with Crippen LogP contribution < -0.4 is 5.73 Å². The minimum Gasteiger partial charge on any atom is -0.440 e. The summed E-state index contributed by atoms with van der Waals surface area (Å²) in [5.74, 6) is 1.60. The molecule has 2 aromatic rings. The van der Waals surface area contributed by atoms with Gasteiger partial charge in [0.25, 0.3) is 0 Å². The summed E-state index contributed by atoms with van der Waals surface area (Å²) in [6.07, 6.45) is 1.02. The average molecular weight is 232 g/mol. The molecular weight excluding hydrogens is 212 g/mol. The largest absolute Gasteiger partial charge is 0.440 e. The molecule has 3 nitrogen and oxygen atoms in total. The number of hydrogen-bond donors (Lipinski definition) is 1.